The number of nitrogens with one attached hydrogen (secondary N) is 2. The second kappa shape index (κ2) is 5.82. The Kier molecular flexibility index (Phi) is 3.42. The number of pyridine rings is 1. The molecule has 27 heavy (non-hydrogen) atoms. The van der Waals surface area contributed by atoms with Crippen LogP contribution in [0.3, 0.4) is 0 Å². The van der Waals surface area contributed by atoms with E-state index in [9.17, 15) is 9.59 Å². The minimum Gasteiger partial charge on any atom is -0.354 e. The number of carbonyl (C=O) groups is 1. The van der Waals surface area contributed by atoms with E-state index in [-0.39, 0.29) is 17.5 Å². The molecule has 0 aliphatic carbocycles. The summed E-state index contributed by atoms with van der Waals surface area (Å²) in [7, 11) is 0. The molecular weight excluding hydrogens is 340 g/mol. The van der Waals surface area contributed by atoms with Crippen LogP contribution in [0.2, 0.25) is 0 Å². The molecule has 6 nitrogen and oxygen atoms in total. The van der Waals surface area contributed by atoms with Gasteiger partial charge in [0.1, 0.15) is 0 Å². The molecule has 4 N–H and O–H groups in total. The van der Waals surface area contributed by atoms with E-state index >= 15 is 0 Å². The number of fused-ring (bicyclic) bond motifs is 2. The van der Waals surface area contributed by atoms with Gasteiger partial charge >= 0.3 is 0 Å². The molecule has 0 unspecified atom stereocenters. The summed E-state index contributed by atoms with van der Waals surface area (Å²) in [6.45, 7) is 1.20. The highest BCUT2D eigenvalue weighted by molar-refractivity contribution is 5.99. The predicted molar refractivity (Wildman–Crippen MR) is 106 cm³/mol. The van der Waals surface area contributed by atoms with Crippen LogP contribution >= 0.6 is 0 Å². The maximum Gasteiger partial charge on any atom is 0.257 e. The molecule has 1 saturated heterocycles. The molecule has 0 bridgehead atoms. The molecule has 1 aliphatic rings. The SMILES string of the molecule is NC1CN(C(=O)c2ccc3[nH]c(-c4cc5ccccc5[nH]c4=O)cc3c2)C1. The molecule has 5 rings (SSSR count). The van der Waals surface area contributed by atoms with Crippen molar-refractivity contribution in [2.24, 2.45) is 5.73 Å². The van der Waals surface area contributed by atoms with E-state index < -0.39 is 0 Å². The minimum absolute atomic E-state index is 0.00935. The number of hydrogen-bond donors (Lipinski definition) is 3. The van der Waals surface area contributed by atoms with E-state index in [1.165, 1.54) is 0 Å². The summed E-state index contributed by atoms with van der Waals surface area (Å²) in [5, 5.41) is 1.86. The smallest absolute Gasteiger partial charge is 0.257 e. The zero-order chi connectivity index (χ0) is 18.5. The highest BCUT2D eigenvalue weighted by Crippen LogP contribution is 2.25. The average Bonchev–Trinajstić information content (AvgIpc) is 3.07. The van der Waals surface area contributed by atoms with Gasteiger partial charge in [-0.3, -0.25) is 9.59 Å². The summed E-state index contributed by atoms with van der Waals surface area (Å²) >= 11 is 0. The predicted octanol–water partition coefficient (Wildman–Crippen LogP) is 2.46. The van der Waals surface area contributed by atoms with Crippen LogP contribution in [0.15, 0.2) is 59.4 Å². The number of nitrogens with zero attached hydrogens (tertiary/aromatic N) is 1. The van der Waals surface area contributed by atoms with Gasteiger partial charge in [-0.25, -0.2) is 0 Å². The maximum absolute atomic E-state index is 12.5. The van der Waals surface area contributed by atoms with Crippen LogP contribution < -0.4 is 11.3 Å². The first kappa shape index (κ1) is 15.8. The molecule has 2 aromatic heterocycles. The first-order valence-electron chi connectivity index (χ1n) is 8.88. The topological polar surface area (TPSA) is 95.0 Å². The monoisotopic (exact) mass is 358 g/mol. The number of amides is 1. The largest absolute Gasteiger partial charge is 0.354 e. The third-order valence-corrected chi connectivity index (χ3v) is 5.11. The van der Waals surface area contributed by atoms with Crippen LogP contribution in [0.25, 0.3) is 33.1 Å². The van der Waals surface area contributed by atoms with Crippen LogP contribution in [0.1, 0.15) is 10.4 Å². The number of hydrogen-bond acceptors (Lipinski definition) is 3. The summed E-state index contributed by atoms with van der Waals surface area (Å²) in [6, 6.07) is 17.1. The number of H-pyrrole nitrogens is 2. The number of nitrogens with two attached hydrogens (primary N) is 1. The van der Waals surface area contributed by atoms with Crippen molar-refractivity contribution >= 4 is 27.7 Å². The minimum atomic E-state index is -0.147. The molecule has 2 aromatic carbocycles. The first-order valence-corrected chi connectivity index (χ1v) is 8.88. The zero-order valence-electron chi connectivity index (χ0n) is 14.5. The second-order valence-corrected chi connectivity index (χ2v) is 7.05. The van der Waals surface area contributed by atoms with Gasteiger partial charge in [0.25, 0.3) is 11.5 Å². The van der Waals surface area contributed by atoms with E-state index in [1.54, 1.807) is 11.0 Å². The third kappa shape index (κ3) is 2.62. The van der Waals surface area contributed by atoms with E-state index in [1.807, 2.05) is 48.5 Å². The van der Waals surface area contributed by atoms with Crippen molar-refractivity contribution in [3.8, 4) is 11.3 Å². The molecule has 4 aromatic rings. The Labute approximate surface area is 154 Å². The summed E-state index contributed by atoms with van der Waals surface area (Å²) < 4.78 is 0. The second-order valence-electron chi connectivity index (χ2n) is 7.05. The molecule has 0 radical (unpaired) electrons. The van der Waals surface area contributed by atoms with Crippen molar-refractivity contribution in [3.05, 3.63) is 70.5 Å². The number of para-hydroxylation sites is 1. The molecule has 1 aliphatic heterocycles. The van der Waals surface area contributed by atoms with Crippen molar-refractivity contribution < 1.29 is 4.79 Å². The van der Waals surface area contributed by atoms with Crippen LogP contribution in [0.5, 0.6) is 0 Å². The fourth-order valence-corrected chi connectivity index (χ4v) is 3.62. The van der Waals surface area contributed by atoms with Crippen molar-refractivity contribution in [1.29, 1.82) is 0 Å². The lowest BCUT2D eigenvalue weighted by Crippen LogP contribution is -2.57. The summed E-state index contributed by atoms with van der Waals surface area (Å²) in [5.74, 6) is -0.00935. The summed E-state index contributed by atoms with van der Waals surface area (Å²) in [6.07, 6.45) is 0. The first-order chi connectivity index (χ1) is 13.1. The van der Waals surface area contributed by atoms with Gasteiger partial charge in [-0.2, -0.15) is 0 Å². The molecule has 1 amide bonds. The molecule has 134 valence electrons. The maximum atomic E-state index is 12.5. The van der Waals surface area contributed by atoms with Gasteiger partial charge in [-0.15, -0.1) is 0 Å². The van der Waals surface area contributed by atoms with E-state index in [2.05, 4.69) is 9.97 Å². The van der Waals surface area contributed by atoms with Gasteiger partial charge in [0, 0.05) is 41.1 Å². The molecule has 1 fully saturated rings. The number of carbonyl (C=O) groups excluding carboxylic acids is 1. The Morgan fingerprint density at radius 3 is 2.56 bits per heavy atom. The Bertz CT molecular complexity index is 1250. The Morgan fingerprint density at radius 1 is 0.963 bits per heavy atom. The Hall–Kier alpha value is -3.38. The molecule has 0 atom stereocenters. The van der Waals surface area contributed by atoms with Crippen LogP contribution in [0.4, 0.5) is 0 Å². The van der Waals surface area contributed by atoms with Crippen molar-refractivity contribution in [2.75, 3.05) is 13.1 Å². The third-order valence-electron chi connectivity index (χ3n) is 5.11. The highest BCUT2D eigenvalue weighted by Gasteiger charge is 2.28. The van der Waals surface area contributed by atoms with Gasteiger partial charge in [-0.1, -0.05) is 18.2 Å². The van der Waals surface area contributed by atoms with Crippen LogP contribution in [-0.4, -0.2) is 39.9 Å². The number of aromatic nitrogens is 2. The van der Waals surface area contributed by atoms with E-state index in [4.69, 9.17) is 5.73 Å². The number of rotatable bonds is 2. The lowest BCUT2D eigenvalue weighted by atomic mass is 10.1. The number of likely N-dealkylation sites (tertiary alicyclic amines) is 1. The lowest BCUT2D eigenvalue weighted by Gasteiger charge is -2.36. The van der Waals surface area contributed by atoms with Crippen molar-refractivity contribution in [3.63, 3.8) is 0 Å². The van der Waals surface area contributed by atoms with Crippen LogP contribution in [-0.2, 0) is 0 Å². The molecular formula is C21H18N4O2. The molecule has 6 heteroatoms. The fourth-order valence-electron chi connectivity index (χ4n) is 3.62. The Morgan fingerprint density at radius 2 is 1.74 bits per heavy atom. The van der Waals surface area contributed by atoms with Crippen LogP contribution in [0, 0.1) is 0 Å². The van der Waals surface area contributed by atoms with Gasteiger partial charge in [0.15, 0.2) is 0 Å². The zero-order valence-corrected chi connectivity index (χ0v) is 14.5. The number of aromatic amines is 2. The van der Waals surface area contributed by atoms with E-state index in [0.717, 1.165) is 27.5 Å². The standard InChI is InChI=1S/C21H18N4O2/c22-15-10-25(11-15)21(27)13-5-6-18-14(7-13)9-19(23-18)16-8-12-3-1-2-4-17(12)24-20(16)26/h1-9,15,23H,10-11,22H2,(H,24,26). The number of benzene rings is 2. The quantitative estimate of drug-likeness (QED) is 0.514. The average molecular weight is 358 g/mol. The summed E-state index contributed by atoms with van der Waals surface area (Å²) in [4.78, 5) is 32.9. The lowest BCUT2D eigenvalue weighted by molar-refractivity contribution is 0.0608. The summed E-state index contributed by atoms with van der Waals surface area (Å²) in [5.41, 5.74) is 9.25. The van der Waals surface area contributed by atoms with Crippen molar-refractivity contribution in [1.82, 2.24) is 14.9 Å². The molecule has 0 saturated carbocycles. The normalized spacial score (nSPS) is 14.6. The van der Waals surface area contributed by atoms with Gasteiger partial charge in [0.05, 0.1) is 11.3 Å². The Balaban J connectivity index is 1.56. The van der Waals surface area contributed by atoms with Crippen molar-refractivity contribution in [2.45, 2.75) is 6.04 Å². The van der Waals surface area contributed by atoms with Gasteiger partial charge in [-0.05, 0) is 41.8 Å². The van der Waals surface area contributed by atoms with E-state index in [0.29, 0.717) is 24.2 Å². The van der Waals surface area contributed by atoms with Gasteiger partial charge in [0.2, 0.25) is 0 Å². The fraction of sp³-hybridized carbons (Fsp3) is 0.143. The molecule has 0 spiro atoms. The van der Waals surface area contributed by atoms with Gasteiger partial charge < -0.3 is 20.6 Å². The highest BCUT2D eigenvalue weighted by atomic mass is 16.2. The molecule has 3 heterocycles.